The Morgan fingerprint density at radius 2 is 2.05 bits per heavy atom. The van der Waals surface area contributed by atoms with Gasteiger partial charge >= 0.3 is 0 Å². The third-order valence-corrected chi connectivity index (χ3v) is 2.70. The van der Waals surface area contributed by atoms with Gasteiger partial charge in [-0.3, -0.25) is 4.79 Å². The zero-order valence-electron chi connectivity index (χ0n) is 12.2. The van der Waals surface area contributed by atoms with Crippen LogP contribution in [0.25, 0.3) is 0 Å². The first kappa shape index (κ1) is 15.3. The molecule has 1 rings (SSSR count). The van der Waals surface area contributed by atoms with Gasteiger partial charge < -0.3 is 19.7 Å². The average molecular weight is 266 g/mol. The first-order valence-corrected chi connectivity index (χ1v) is 6.19. The maximum Gasteiger partial charge on any atom is 0.262 e. The maximum atomic E-state index is 11.8. The van der Waals surface area contributed by atoms with E-state index in [2.05, 4.69) is 5.32 Å². The molecule has 0 radical (unpaired) electrons. The third-order valence-electron chi connectivity index (χ3n) is 2.70. The Bertz CT molecular complexity index is 433. The number of likely N-dealkylation sites (N-methyl/N-ethyl adjacent to an activating group) is 1. The van der Waals surface area contributed by atoms with Crippen molar-refractivity contribution in [2.24, 2.45) is 0 Å². The number of hydrogen-bond donors (Lipinski definition) is 1. The normalized spacial score (nSPS) is 11.8. The Balaban J connectivity index is 2.91. The summed E-state index contributed by atoms with van der Waals surface area (Å²) >= 11 is 0. The van der Waals surface area contributed by atoms with Gasteiger partial charge in [0.1, 0.15) is 0 Å². The second kappa shape index (κ2) is 6.99. The van der Waals surface area contributed by atoms with Gasteiger partial charge in [-0.15, -0.1) is 0 Å². The van der Waals surface area contributed by atoms with Crippen molar-refractivity contribution in [3.05, 3.63) is 23.8 Å². The van der Waals surface area contributed by atoms with E-state index in [0.717, 1.165) is 12.1 Å². The zero-order chi connectivity index (χ0) is 14.4. The summed E-state index contributed by atoms with van der Waals surface area (Å²) in [5, 5.41) is 3.07. The predicted octanol–water partition coefficient (Wildman–Crippen LogP) is 1.27. The summed E-state index contributed by atoms with van der Waals surface area (Å²) in [6, 6.07) is 5.68. The molecule has 1 amide bonds. The summed E-state index contributed by atoms with van der Waals surface area (Å²) < 4.78 is 11.0. The highest BCUT2D eigenvalue weighted by atomic mass is 16.5. The monoisotopic (exact) mass is 266 g/mol. The lowest BCUT2D eigenvalue weighted by Crippen LogP contribution is -2.35. The smallest absolute Gasteiger partial charge is 0.262 e. The molecule has 1 aromatic carbocycles. The summed E-state index contributed by atoms with van der Waals surface area (Å²) in [7, 11) is 6.87. The summed E-state index contributed by atoms with van der Waals surface area (Å²) in [6.07, 6.45) is -0.547. The number of nitrogens with zero attached hydrogens (tertiary/aromatic N) is 1. The third kappa shape index (κ3) is 4.13. The SMILES string of the molecule is CNCc1ccc(OC)c(OC(C)C(=O)N(C)C)c1. The fourth-order valence-electron chi connectivity index (χ4n) is 1.73. The van der Waals surface area contributed by atoms with Gasteiger partial charge in [-0.25, -0.2) is 0 Å². The molecule has 0 aromatic heterocycles. The zero-order valence-corrected chi connectivity index (χ0v) is 12.2. The molecule has 0 saturated heterocycles. The highest BCUT2D eigenvalue weighted by Gasteiger charge is 2.18. The van der Waals surface area contributed by atoms with Crippen LogP contribution < -0.4 is 14.8 Å². The van der Waals surface area contributed by atoms with Crippen LogP contribution in [0.5, 0.6) is 11.5 Å². The van der Waals surface area contributed by atoms with Crippen LogP contribution in [0.1, 0.15) is 12.5 Å². The van der Waals surface area contributed by atoms with Crippen molar-refractivity contribution in [2.45, 2.75) is 19.6 Å². The Labute approximate surface area is 114 Å². The predicted molar refractivity (Wildman–Crippen MR) is 74.5 cm³/mol. The number of amides is 1. The number of methoxy groups -OCH3 is 1. The lowest BCUT2D eigenvalue weighted by molar-refractivity contribution is -0.135. The minimum absolute atomic E-state index is 0.0823. The maximum absolute atomic E-state index is 11.8. The number of rotatable bonds is 6. The molecule has 0 fully saturated rings. The topological polar surface area (TPSA) is 50.8 Å². The summed E-state index contributed by atoms with van der Waals surface area (Å²) in [6.45, 7) is 2.46. The molecule has 106 valence electrons. The molecule has 1 unspecified atom stereocenters. The summed E-state index contributed by atoms with van der Waals surface area (Å²) in [4.78, 5) is 13.3. The van der Waals surface area contributed by atoms with Crippen molar-refractivity contribution in [1.82, 2.24) is 10.2 Å². The van der Waals surface area contributed by atoms with Crippen LogP contribution in [0.2, 0.25) is 0 Å². The van der Waals surface area contributed by atoms with Gasteiger partial charge in [0, 0.05) is 20.6 Å². The molecule has 0 aliphatic rings. The van der Waals surface area contributed by atoms with Crippen LogP contribution in [0.15, 0.2) is 18.2 Å². The highest BCUT2D eigenvalue weighted by molar-refractivity contribution is 5.80. The minimum Gasteiger partial charge on any atom is -0.493 e. The van der Waals surface area contributed by atoms with E-state index in [1.165, 1.54) is 4.90 Å². The number of benzene rings is 1. The number of ether oxygens (including phenoxy) is 2. The molecule has 0 saturated carbocycles. The molecular formula is C14H22N2O3. The van der Waals surface area contributed by atoms with Crippen molar-refractivity contribution >= 4 is 5.91 Å². The van der Waals surface area contributed by atoms with Crippen LogP contribution in [0.4, 0.5) is 0 Å². The van der Waals surface area contributed by atoms with Crippen molar-refractivity contribution in [3.8, 4) is 11.5 Å². The first-order chi connectivity index (χ1) is 8.99. The van der Waals surface area contributed by atoms with E-state index >= 15 is 0 Å². The van der Waals surface area contributed by atoms with Crippen LogP contribution in [0.3, 0.4) is 0 Å². The average Bonchev–Trinajstić information content (AvgIpc) is 2.38. The molecular weight excluding hydrogens is 244 g/mol. The lowest BCUT2D eigenvalue weighted by atomic mass is 10.2. The molecule has 5 nitrogen and oxygen atoms in total. The van der Waals surface area contributed by atoms with E-state index in [0.29, 0.717) is 11.5 Å². The number of nitrogens with one attached hydrogen (secondary N) is 1. The number of carbonyl (C=O) groups is 1. The molecule has 19 heavy (non-hydrogen) atoms. The van der Waals surface area contributed by atoms with E-state index in [9.17, 15) is 4.79 Å². The molecule has 0 bridgehead atoms. The molecule has 1 N–H and O–H groups in total. The number of hydrogen-bond acceptors (Lipinski definition) is 4. The molecule has 1 atom stereocenters. The Morgan fingerprint density at radius 1 is 1.37 bits per heavy atom. The van der Waals surface area contributed by atoms with Crippen LogP contribution in [0, 0.1) is 0 Å². The van der Waals surface area contributed by atoms with Gasteiger partial charge in [-0.05, 0) is 31.7 Å². The Morgan fingerprint density at radius 3 is 2.58 bits per heavy atom. The van der Waals surface area contributed by atoms with Gasteiger partial charge in [0.25, 0.3) is 5.91 Å². The largest absolute Gasteiger partial charge is 0.493 e. The van der Waals surface area contributed by atoms with E-state index < -0.39 is 6.10 Å². The fraction of sp³-hybridized carbons (Fsp3) is 0.500. The van der Waals surface area contributed by atoms with E-state index in [1.54, 1.807) is 28.1 Å². The van der Waals surface area contributed by atoms with E-state index in [4.69, 9.17) is 9.47 Å². The molecule has 0 spiro atoms. The van der Waals surface area contributed by atoms with Gasteiger partial charge in [0.15, 0.2) is 17.6 Å². The molecule has 0 aliphatic heterocycles. The lowest BCUT2D eigenvalue weighted by Gasteiger charge is -2.20. The van der Waals surface area contributed by atoms with Gasteiger partial charge in [0.2, 0.25) is 0 Å². The molecule has 0 heterocycles. The van der Waals surface area contributed by atoms with Crippen LogP contribution in [-0.2, 0) is 11.3 Å². The minimum atomic E-state index is -0.547. The Kier molecular flexibility index (Phi) is 5.63. The highest BCUT2D eigenvalue weighted by Crippen LogP contribution is 2.29. The van der Waals surface area contributed by atoms with Crippen LogP contribution in [-0.4, -0.2) is 45.2 Å². The van der Waals surface area contributed by atoms with Gasteiger partial charge in [-0.2, -0.15) is 0 Å². The quantitative estimate of drug-likeness (QED) is 0.842. The Hall–Kier alpha value is -1.75. The van der Waals surface area contributed by atoms with Crippen molar-refractivity contribution < 1.29 is 14.3 Å². The first-order valence-electron chi connectivity index (χ1n) is 6.19. The van der Waals surface area contributed by atoms with Gasteiger partial charge in [-0.1, -0.05) is 6.07 Å². The summed E-state index contributed by atoms with van der Waals surface area (Å²) in [5.41, 5.74) is 1.07. The fourth-order valence-corrected chi connectivity index (χ4v) is 1.73. The molecule has 0 aliphatic carbocycles. The van der Waals surface area contributed by atoms with Gasteiger partial charge in [0.05, 0.1) is 7.11 Å². The van der Waals surface area contributed by atoms with Crippen molar-refractivity contribution in [3.63, 3.8) is 0 Å². The summed E-state index contributed by atoms with van der Waals surface area (Å²) in [5.74, 6) is 1.12. The second-order valence-corrected chi connectivity index (χ2v) is 4.51. The van der Waals surface area contributed by atoms with Crippen LogP contribution >= 0.6 is 0 Å². The molecule has 5 heteroatoms. The second-order valence-electron chi connectivity index (χ2n) is 4.51. The number of carbonyl (C=O) groups excluding carboxylic acids is 1. The van der Waals surface area contributed by atoms with Crippen molar-refractivity contribution in [1.29, 1.82) is 0 Å². The molecule has 1 aromatic rings. The van der Waals surface area contributed by atoms with E-state index in [1.807, 2.05) is 25.2 Å². The van der Waals surface area contributed by atoms with E-state index in [-0.39, 0.29) is 5.91 Å². The van der Waals surface area contributed by atoms with Crippen molar-refractivity contribution in [2.75, 3.05) is 28.3 Å². The standard InChI is InChI=1S/C14H22N2O3/c1-10(14(17)16(3)4)19-13-8-11(9-15-2)6-7-12(13)18-5/h6-8,10,15H,9H2,1-5H3.